The van der Waals surface area contributed by atoms with E-state index in [4.69, 9.17) is 4.74 Å². The molecule has 10 heteroatoms. The number of nitrogens with zero attached hydrogens (tertiary/aromatic N) is 3. The first-order chi connectivity index (χ1) is 16.2. The highest BCUT2D eigenvalue weighted by atomic mass is 19.2. The summed E-state index contributed by atoms with van der Waals surface area (Å²) in [6.07, 6.45) is 4.58. The SMILES string of the molecule is CC1CCC(C(=O)Nc2cncc(N3C(=O)CN(C)CC3C)c2)O1.COc1cccc(F)c1F. The summed E-state index contributed by atoms with van der Waals surface area (Å²) >= 11 is 0. The van der Waals surface area contributed by atoms with Crippen LogP contribution < -0.4 is 15.0 Å². The number of nitrogens with one attached hydrogen (secondary N) is 1. The lowest BCUT2D eigenvalue weighted by molar-refractivity contribution is -0.126. The number of carbonyl (C=O) groups excluding carboxylic acids is 2. The molecular weight excluding hydrogens is 446 g/mol. The second-order valence-electron chi connectivity index (χ2n) is 8.50. The molecule has 0 aliphatic carbocycles. The standard InChI is InChI=1S/C17H24N4O3.C7H6F2O/c1-11-9-20(3)10-16(22)21(11)14-6-13(7-18-8-14)19-17(23)15-5-4-12(2)24-15;1-10-6-4-2-3-5(8)7(6)9/h6-8,11-12,15H,4-5,9-10H2,1-3H3,(H,19,23);2-4H,1H3. The summed E-state index contributed by atoms with van der Waals surface area (Å²) in [5.74, 6) is -2.02. The third-order valence-electron chi connectivity index (χ3n) is 5.62. The lowest BCUT2D eigenvalue weighted by Crippen LogP contribution is -2.54. The van der Waals surface area contributed by atoms with Crippen molar-refractivity contribution in [1.82, 2.24) is 9.88 Å². The fraction of sp³-hybridized carbons (Fsp3) is 0.458. The van der Waals surface area contributed by atoms with Crippen molar-refractivity contribution in [1.29, 1.82) is 0 Å². The topological polar surface area (TPSA) is 84.0 Å². The van der Waals surface area contributed by atoms with Crippen LogP contribution in [0.1, 0.15) is 26.7 Å². The minimum absolute atomic E-state index is 0.0366. The van der Waals surface area contributed by atoms with Crippen LogP contribution in [0.2, 0.25) is 0 Å². The van der Waals surface area contributed by atoms with E-state index in [2.05, 4.69) is 15.0 Å². The van der Waals surface area contributed by atoms with Gasteiger partial charge in [-0.2, -0.15) is 4.39 Å². The van der Waals surface area contributed by atoms with E-state index >= 15 is 0 Å². The molecule has 8 nitrogen and oxygen atoms in total. The van der Waals surface area contributed by atoms with Crippen molar-refractivity contribution < 1.29 is 27.8 Å². The molecule has 3 heterocycles. The van der Waals surface area contributed by atoms with Crippen LogP contribution in [0.5, 0.6) is 5.75 Å². The zero-order valence-electron chi connectivity index (χ0n) is 19.8. The van der Waals surface area contributed by atoms with Crippen LogP contribution in [-0.2, 0) is 14.3 Å². The minimum atomic E-state index is -0.940. The second-order valence-corrected chi connectivity index (χ2v) is 8.50. The molecule has 3 unspecified atom stereocenters. The normalized spacial score (nSPS) is 22.7. The number of piperazine rings is 1. The Hall–Kier alpha value is -3.11. The van der Waals surface area contributed by atoms with Gasteiger partial charge in [0.2, 0.25) is 11.7 Å². The zero-order valence-corrected chi connectivity index (χ0v) is 19.8. The van der Waals surface area contributed by atoms with Crippen molar-refractivity contribution in [2.45, 2.75) is 44.9 Å². The van der Waals surface area contributed by atoms with Crippen molar-refractivity contribution in [2.24, 2.45) is 0 Å². The predicted molar refractivity (Wildman–Crippen MR) is 124 cm³/mol. The van der Waals surface area contributed by atoms with Crippen LogP contribution in [0.25, 0.3) is 0 Å². The number of carbonyl (C=O) groups is 2. The largest absolute Gasteiger partial charge is 0.494 e. The van der Waals surface area contributed by atoms with Gasteiger partial charge in [-0.1, -0.05) is 6.07 Å². The van der Waals surface area contributed by atoms with Crippen LogP contribution in [-0.4, -0.2) is 67.2 Å². The number of aromatic nitrogens is 1. The fourth-order valence-electron chi connectivity index (χ4n) is 4.04. The van der Waals surface area contributed by atoms with Crippen molar-refractivity contribution in [3.8, 4) is 5.75 Å². The summed E-state index contributed by atoms with van der Waals surface area (Å²) in [7, 11) is 3.22. The molecule has 2 saturated heterocycles. The van der Waals surface area contributed by atoms with E-state index in [0.29, 0.717) is 17.9 Å². The highest BCUT2D eigenvalue weighted by Gasteiger charge is 2.30. The van der Waals surface area contributed by atoms with E-state index in [1.54, 1.807) is 23.4 Å². The first kappa shape index (κ1) is 25.5. The molecule has 0 bridgehead atoms. The molecule has 3 atom stereocenters. The molecule has 1 N–H and O–H groups in total. The van der Waals surface area contributed by atoms with Crippen LogP contribution >= 0.6 is 0 Å². The van der Waals surface area contributed by atoms with Gasteiger partial charge in [-0.25, -0.2) is 4.39 Å². The van der Waals surface area contributed by atoms with Gasteiger partial charge >= 0.3 is 0 Å². The van der Waals surface area contributed by atoms with Gasteiger partial charge in [0.25, 0.3) is 5.91 Å². The van der Waals surface area contributed by atoms with Gasteiger partial charge in [0.05, 0.1) is 43.5 Å². The van der Waals surface area contributed by atoms with Crippen LogP contribution in [0.3, 0.4) is 0 Å². The lowest BCUT2D eigenvalue weighted by atomic mass is 10.1. The van der Waals surface area contributed by atoms with Crippen LogP contribution in [0, 0.1) is 11.6 Å². The van der Waals surface area contributed by atoms with Gasteiger partial charge in [0.15, 0.2) is 11.6 Å². The molecule has 1 aromatic carbocycles. The number of anilines is 2. The van der Waals surface area contributed by atoms with E-state index in [1.807, 2.05) is 25.8 Å². The number of likely N-dealkylation sites (N-methyl/N-ethyl adjacent to an activating group) is 1. The summed E-state index contributed by atoms with van der Waals surface area (Å²) in [6, 6.07) is 5.64. The highest BCUT2D eigenvalue weighted by molar-refractivity contribution is 5.98. The number of methoxy groups -OCH3 is 1. The number of pyridine rings is 1. The molecule has 2 aliphatic rings. The number of amides is 2. The maximum atomic E-state index is 12.5. The lowest BCUT2D eigenvalue weighted by Gasteiger charge is -2.37. The summed E-state index contributed by atoms with van der Waals surface area (Å²) < 4.78 is 34.9. The molecule has 184 valence electrons. The maximum absolute atomic E-state index is 12.5. The molecule has 34 heavy (non-hydrogen) atoms. The van der Waals surface area contributed by atoms with Crippen LogP contribution in [0.15, 0.2) is 36.7 Å². The second kappa shape index (κ2) is 11.3. The van der Waals surface area contributed by atoms with Gasteiger partial charge in [0.1, 0.15) is 6.10 Å². The van der Waals surface area contributed by atoms with Gasteiger partial charge in [-0.15, -0.1) is 0 Å². The molecule has 2 aromatic rings. The van der Waals surface area contributed by atoms with Crippen molar-refractivity contribution >= 4 is 23.2 Å². The van der Waals surface area contributed by atoms with Gasteiger partial charge in [-0.05, 0) is 51.9 Å². The Bertz CT molecular complexity index is 1020. The van der Waals surface area contributed by atoms with Gasteiger partial charge < -0.3 is 19.7 Å². The van der Waals surface area contributed by atoms with Gasteiger partial charge in [-0.3, -0.25) is 19.5 Å². The molecular formula is C24H30F2N4O4. The van der Waals surface area contributed by atoms with Crippen molar-refractivity contribution in [2.75, 3.05) is 37.5 Å². The average molecular weight is 477 g/mol. The van der Waals surface area contributed by atoms with E-state index in [9.17, 15) is 18.4 Å². The molecule has 0 radical (unpaired) electrons. The Kier molecular flexibility index (Phi) is 8.51. The third kappa shape index (κ3) is 6.27. The summed E-state index contributed by atoms with van der Waals surface area (Å²) in [6.45, 7) is 5.16. The van der Waals surface area contributed by atoms with E-state index in [1.165, 1.54) is 19.2 Å². The smallest absolute Gasteiger partial charge is 0.253 e. The molecule has 2 amide bonds. The Morgan fingerprint density at radius 2 is 2.00 bits per heavy atom. The Balaban J connectivity index is 0.000000271. The molecule has 2 fully saturated rings. The van der Waals surface area contributed by atoms with Crippen molar-refractivity contribution in [3.63, 3.8) is 0 Å². The number of halogens is 2. The van der Waals surface area contributed by atoms with E-state index < -0.39 is 17.7 Å². The average Bonchev–Trinajstić information content (AvgIpc) is 3.22. The summed E-state index contributed by atoms with van der Waals surface area (Å²) in [5.41, 5.74) is 1.29. The fourth-order valence-corrected chi connectivity index (χ4v) is 4.04. The number of hydrogen-bond acceptors (Lipinski definition) is 6. The number of ether oxygens (including phenoxy) is 2. The predicted octanol–water partition coefficient (Wildman–Crippen LogP) is 3.23. The van der Waals surface area contributed by atoms with Crippen LogP contribution in [0.4, 0.5) is 20.2 Å². The van der Waals surface area contributed by atoms with Crippen molar-refractivity contribution in [3.05, 3.63) is 48.3 Å². The molecule has 2 aliphatic heterocycles. The first-order valence-electron chi connectivity index (χ1n) is 11.1. The molecule has 4 rings (SSSR count). The Labute approximate surface area is 197 Å². The summed E-state index contributed by atoms with van der Waals surface area (Å²) in [4.78, 5) is 32.5. The monoisotopic (exact) mass is 476 g/mol. The van der Waals surface area contributed by atoms with E-state index in [0.717, 1.165) is 25.5 Å². The first-order valence-corrected chi connectivity index (χ1v) is 11.1. The quantitative estimate of drug-likeness (QED) is 0.730. The number of hydrogen-bond donors (Lipinski definition) is 1. The third-order valence-corrected chi connectivity index (χ3v) is 5.62. The zero-order chi connectivity index (χ0) is 24.8. The van der Waals surface area contributed by atoms with Gasteiger partial charge in [0, 0.05) is 12.6 Å². The minimum Gasteiger partial charge on any atom is -0.494 e. The summed E-state index contributed by atoms with van der Waals surface area (Å²) in [5, 5.41) is 2.85. The molecule has 0 saturated carbocycles. The molecule has 0 spiro atoms. The Morgan fingerprint density at radius 1 is 1.24 bits per heavy atom. The number of rotatable bonds is 4. The Morgan fingerprint density at radius 3 is 2.62 bits per heavy atom. The van der Waals surface area contributed by atoms with E-state index in [-0.39, 0.29) is 29.7 Å². The molecule has 1 aromatic heterocycles. The highest BCUT2D eigenvalue weighted by Crippen LogP contribution is 2.25. The maximum Gasteiger partial charge on any atom is 0.253 e. The number of benzene rings is 1.